The summed E-state index contributed by atoms with van der Waals surface area (Å²) in [6, 6.07) is 14.1. The largest absolute Gasteiger partial charge is 0.479 e. The number of benzene rings is 2. The van der Waals surface area contributed by atoms with Crippen molar-refractivity contribution in [3.8, 4) is 5.75 Å². The highest BCUT2D eigenvalue weighted by Gasteiger charge is 2.14. The molecule has 0 atom stereocenters. The summed E-state index contributed by atoms with van der Waals surface area (Å²) in [7, 11) is 0. The predicted octanol–water partition coefficient (Wildman–Crippen LogP) is 3.78. The molecule has 3 rings (SSSR count). The molecule has 0 N–H and O–H groups in total. The highest BCUT2D eigenvalue weighted by Crippen LogP contribution is 2.28. The number of nitrogens with zero attached hydrogens (tertiary/aromatic N) is 2. The van der Waals surface area contributed by atoms with Crippen molar-refractivity contribution in [2.24, 2.45) is 0 Å². The Morgan fingerprint density at radius 1 is 1.15 bits per heavy atom. The molecular formula is C14H10N2O3S. The SMILES string of the molecule is O=[N+]([O-])c1ccccc1OCc1nc2ccccc2s1. The van der Waals surface area contributed by atoms with Gasteiger partial charge in [-0.3, -0.25) is 10.1 Å². The van der Waals surface area contributed by atoms with Gasteiger partial charge in [0.1, 0.15) is 11.6 Å². The number of para-hydroxylation sites is 3. The van der Waals surface area contributed by atoms with Crippen LogP contribution in [0.2, 0.25) is 0 Å². The van der Waals surface area contributed by atoms with E-state index in [0.29, 0.717) is 0 Å². The van der Waals surface area contributed by atoms with Gasteiger partial charge in [-0.2, -0.15) is 0 Å². The van der Waals surface area contributed by atoms with Crippen LogP contribution in [0.5, 0.6) is 5.75 Å². The van der Waals surface area contributed by atoms with Gasteiger partial charge < -0.3 is 4.74 Å². The molecule has 20 heavy (non-hydrogen) atoms. The van der Waals surface area contributed by atoms with Gasteiger partial charge in [0.15, 0.2) is 5.75 Å². The van der Waals surface area contributed by atoms with Gasteiger partial charge in [0, 0.05) is 6.07 Å². The Morgan fingerprint density at radius 2 is 1.90 bits per heavy atom. The molecule has 0 aliphatic carbocycles. The molecule has 0 aliphatic rings. The molecule has 1 heterocycles. The number of nitro benzene ring substituents is 1. The second-order valence-corrected chi connectivity index (χ2v) is 5.20. The standard InChI is InChI=1S/C14H10N2O3S/c17-16(18)11-6-2-3-7-12(11)19-9-14-15-10-5-1-4-8-13(10)20-14/h1-8H,9H2. The molecule has 0 radical (unpaired) electrons. The molecule has 0 amide bonds. The minimum atomic E-state index is -0.451. The van der Waals surface area contributed by atoms with Gasteiger partial charge in [-0.15, -0.1) is 11.3 Å². The van der Waals surface area contributed by atoms with Gasteiger partial charge in [-0.05, 0) is 18.2 Å². The monoisotopic (exact) mass is 286 g/mol. The van der Waals surface area contributed by atoms with E-state index in [2.05, 4.69) is 4.98 Å². The number of rotatable bonds is 4. The van der Waals surface area contributed by atoms with Crippen LogP contribution in [0.1, 0.15) is 5.01 Å². The summed E-state index contributed by atoms with van der Waals surface area (Å²) < 4.78 is 6.60. The summed E-state index contributed by atoms with van der Waals surface area (Å²) in [5.74, 6) is 0.261. The van der Waals surface area contributed by atoms with E-state index in [-0.39, 0.29) is 18.0 Å². The number of ether oxygens (including phenoxy) is 1. The number of fused-ring (bicyclic) bond motifs is 1. The summed E-state index contributed by atoms with van der Waals surface area (Å²) in [4.78, 5) is 14.9. The molecule has 3 aromatic rings. The van der Waals surface area contributed by atoms with E-state index in [1.165, 1.54) is 17.4 Å². The first-order valence-corrected chi connectivity index (χ1v) is 6.76. The zero-order chi connectivity index (χ0) is 13.9. The molecule has 5 nitrogen and oxygen atoms in total. The highest BCUT2D eigenvalue weighted by atomic mass is 32.1. The normalized spacial score (nSPS) is 10.6. The Morgan fingerprint density at radius 3 is 2.70 bits per heavy atom. The fraction of sp³-hybridized carbons (Fsp3) is 0.0714. The first-order valence-electron chi connectivity index (χ1n) is 5.95. The fourth-order valence-electron chi connectivity index (χ4n) is 1.85. The van der Waals surface area contributed by atoms with Gasteiger partial charge in [0.25, 0.3) is 0 Å². The summed E-state index contributed by atoms with van der Waals surface area (Å²) in [6.07, 6.45) is 0. The Hall–Kier alpha value is -2.47. The van der Waals surface area contributed by atoms with Crippen LogP contribution in [0.25, 0.3) is 10.2 Å². The van der Waals surface area contributed by atoms with Crippen LogP contribution >= 0.6 is 11.3 Å². The lowest BCUT2D eigenvalue weighted by molar-refractivity contribution is -0.385. The zero-order valence-electron chi connectivity index (χ0n) is 10.4. The molecule has 0 aliphatic heterocycles. The summed E-state index contributed by atoms with van der Waals surface area (Å²) in [5.41, 5.74) is 0.882. The van der Waals surface area contributed by atoms with E-state index in [0.717, 1.165) is 15.2 Å². The third-order valence-corrected chi connectivity index (χ3v) is 3.76. The molecule has 0 unspecified atom stereocenters. The van der Waals surface area contributed by atoms with Gasteiger partial charge in [0.05, 0.1) is 15.1 Å². The van der Waals surface area contributed by atoms with Crippen molar-refractivity contribution in [3.05, 3.63) is 63.7 Å². The summed E-state index contributed by atoms with van der Waals surface area (Å²) in [5, 5.41) is 11.7. The maximum absolute atomic E-state index is 10.9. The van der Waals surface area contributed by atoms with E-state index in [1.807, 2.05) is 24.3 Å². The van der Waals surface area contributed by atoms with E-state index in [4.69, 9.17) is 4.74 Å². The highest BCUT2D eigenvalue weighted by molar-refractivity contribution is 7.18. The van der Waals surface area contributed by atoms with Crippen molar-refractivity contribution in [1.29, 1.82) is 0 Å². The zero-order valence-corrected chi connectivity index (χ0v) is 11.2. The number of thiazole rings is 1. The lowest BCUT2D eigenvalue weighted by atomic mass is 10.3. The second kappa shape index (κ2) is 5.26. The van der Waals surface area contributed by atoms with Crippen LogP contribution in [0.15, 0.2) is 48.5 Å². The van der Waals surface area contributed by atoms with E-state index in [9.17, 15) is 10.1 Å². The predicted molar refractivity (Wildman–Crippen MR) is 77.0 cm³/mol. The molecule has 0 saturated heterocycles. The second-order valence-electron chi connectivity index (χ2n) is 4.09. The summed E-state index contributed by atoms with van der Waals surface area (Å²) in [6.45, 7) is 0.226. The first kappa shape index (κ1) is 12.6. The molecule has 6 heteroatoms. The van der Waals surface area contributed by atoms with E-state index < -0.39 is 4.92 Å². The summed E-state index contributed by atoms with van der Waals surface area (Å²) >= 11 is 1.52. The molecule has 0 fully saturated rings. The van der Waals surface area contributed by atoms with Crippen molar-refractivity contribution in [2.75, 3.05) is 0 Å². The van der Waals surface area contributed by atoms with Crippen LogP contribution < -0.4 is 4.74 Å². The number of hydrogen-bond donors (Lipinski definition) is 0. The first-order chi connectivity index (χ1) is 9.74. The lowest BCUT2D eigenvalue weighted by Crippen LogP contribution is -1.98. The van der Waals surface area contributed by atoms with Crippen LogP contribution in [0.3, 0.4) is 0 Å². The van der Waals surface area contributed by atoms with Gasteiger partial charge in [-0.1, -0.05) is 24.3 Å². The molecular weight excluding hydrogens is 276 g/mol. The lowest BCUT2D eigenvalue weighted by Gasteiger charge is -2.03. The number of aromatic nitrogens is 1. The van der Waals surface area contributed by atoms with Crippen LogP contribution in [0, 0.1) is 10.1 Å². The number of nitro groups is 1. The van der Waals surface area contributed by atoms with Gasteiger partial charge in [0.2, 0.25) is 0 Å². The minimum Gasteiger partial charge on any atom is -0.479 e. The average Bonchev–Trinajstić information content (AvgIpc) is 2.88. The molecule has 100 valence electrons. The molecule has 0 bridgehead atoms. The molecule has 0 spiro atoms. The molecule has 0 saturated carbocycles. The minimum absolute atomic E-state index is 0.0337. The fourth-order valence-corrected chi connectivity index (χ4v) is 2.73. The molecule has 2 aromatic carbocycles. The van der Waals surface area contributed by atoms with Gasteiger partial charge >= 0.3 is 5.69 Å². The quantitative estimate of drug-likeness (QED) is 0.540. The maximum atomic E-state index is 10.9. The van der Waals surface area contributed by atoms with Crippen LogP contribution in [-0.4, -0.2) is 9.91 Å². The Labute approximate surface area is 118 Å². The van der Waals surface area contributed by atoms with Crippen molar-refractivity contribution >= 4 is 27.2 Å². The van der Waals surface area contributed by atoms with Crippen LogP contribution in [-0.2, 0) is 6.61 Å². The Balaban J connectivity index is 1.81. The molecule has 1 aromatic heterocycles. The van der Waals surface area contributed by atoms with Crippen molar-refractivity contribution in [2.45, 2.75) is 6.61 Å². The van der Waals surface area contributed by atoms with Crippen molar-refractivity contribution in [1.82, 2.24) is 4.98 Å². The maximum Gasteiger partial charge on any atom is 0.310 e. The third kappa shape index (κ3) is 2.46. The van der Waals surface area contributed by atoms with Crippen LogP contribution in [0.4, 0.5) is 5.69 Å². The van der Waals surface area contributed by atoms with Crippen molar-refractivity contribution < 1.29 is 9.66 Å². The van der Waals surface area contributed by atoms with Crippen molar-refractivity contribution in [3.63, 3.8) is 0 Å². The number of hydrogen-bond acceptors (Lipinski definition) is 5. The third-order valence-electron chi connectivity index (χ3n) is 2.75. The Kier molecular flexibility index (Phi) is 3.30. The van der Waals surface area contributed by atoms with E-state index >= 15 is 0 Å². The smallest absolute Gasteiger partial charge is 0.310 e. The topological polar surface area (TPSA) is 65.3 Å². The van der Waals surface area contributed by atoms with E-state index in [1.54, 1.807) is 18.2 Å². The van der Waals surface area contributed by atoms with Gasteiger partial charge in [-0.25, -0.2) is 4.98 Å². The Bertz CT molecular complexity index is 737. The average molecular weight is 286 g/mol.